The summed E-state index contributed by atoms with van der Waals surface area (Å²) in [6, 6.07) is 1.75. The van der Waals surface area contributed by atoms with Crippen LogP contribution in [0.4, 0.5) is 5.82 Å². The van der Waals surface area contributed by atoms with Crippen molar-refractivity contribution in [1.82, 2.24) is 9.97 Å². The number of aromatic nitrogens is 2. The third-order valence-corrected chi connectivity index (χ3v) is 3.65. The van der Waals surface area contributed by atoms with Crippen molar-refractivity contribution < 1.29 is 4.74 Å². The van der Waals surface area contributed by atoms with Crippen molar-refractivity contribution >= 4 is 17.6 Å². The van der Waals surface area contributed by atoms with E-state index in [-0.39, 0.29) is 6.10 Å². The molecule has 0 atom stereocenters. The van der Waals surface area contributed by atoms with Gasteiger partial charge in [0.15, 0.2) is 5.16 Å². The van der Waals surface area contributed by atoms with Gasteiger partial charge in [-0.2, -0.15) is 4.98 Å². The molecule has 1 saturated carbocycles. The molecule has 0 bridgehead atoms. The molecule has 1 aromatic heterocycles. The number of nitrogens with two attached hydrogens (primary N) is 1. The second-order valence-corrected chi connectivity index (χ2v) is 5.23. The van der Waals surface area contributed by atoms with Crippen LogP contribution in [0, 0.1) is 0 Å². The van der Waals surface area contributed by atoms with Crippen LogP contribution in [0.2, 0.25) is 0 Å². The van der Waals surface area contributed by atoms with Gasteiger partial charge >= 0.3 is 0 Å². The van der Waals surface area contributed by atoms with Gasteiger partial charge in [-0.25, -0.2) is 10.8 Å². The largest absolute Gasteiger partial charge is 0.474 e. The fourth-order valence-electron chi connectivity index (χ4n) is 2.16. The lowest BCUT2D eigenvalue weighted by molar-refractivity contribution is 0.174. The Labute approximate surface area is 112 Å². The van der Waals surface area contributed by atoms with Crippen LogP contribution in [0.15, 0.2) is 11.2 Å². The first-order chi connectivity index (χ1) is 8.81. The average molecular weight is 268 g/mol. The van der Waals surface area contributed by atoms with Gasteiger partial charge in [-0.1, -0.05) is 24.6 Å². The smallest absolute Gasteiger partial charge is 0.219 e. The van der Waals surface area contributed by atoms with E-state index < -0.39 is 0 Å². The molecule has 1 aliphatic rings. The van der Waals surface area contributed by atoms with Crippen LogP contribution in [-0.2, 0) is 0 Å². The molecule has 0 aliphatic heterocycles. The van der Waals surface area contributed by atoms with Crippen LogP contribution in [0.3, 0.4) is 0 Å². The summed E-state index contributed by atoms with van der Waals surface area (Å²) in [5, 5.41) is 0.675. The maximum Gasteiger partial charge on any atom is 0.219 e. The number of thioether (sulfide) groups is 1. The summed E-state index contributed by atoms with van der Waals surface area (Å²) >= 11 is 1.48. The molecule has 0 amide bonds. The molecule has 0 aromatic carbocycles. The topological polar surface area (TPSA) is 73.1 Å². The number of hydrogen-bond donors (Lipinski definition) is 2. The monoisotopic (exact) mass is 268 g/mol. The van der Waals surface area contributed by atoms with Crippen molar-refractivity contribution in [2.45, 2.75) is 49.8 Å². The van der Waals surface area contributed by atoms with E-state index in [4.69, 9.17) is 10.6 Å². The van der Waals surface area contributed by atoms with E-state index in [1.165, 1.54) is 37.4 Å². The molecule has 18 heavy (non-hydrogen) atoms. The van der Waals surface area contributed by atoms with Crippen LogP contribution in [0.5, 0.6) is 5.88 Å². The molecule has 2 rings (SSSR count). The number of nitrogens with one attached hydrogen (secondary N) is 1. The average Bonchev–Trinajstić information content (AvgIpc) is 2.67. The highest BCUT2D eigenvalue weighted by Gasteiger charge is 2.15. The van der Waals surface area contributed by atoms with Crippen molar-refractivity contribution in [3.63, 3.8) is 0 Å². The first-order valence-electron chi connectivity index (χ1n) is 6.38. The number of ether oxygens (including phenoxy) is 1. The first-order valence-corrected chi connectivity index (χ1v) is 7.60. The van der Waals surface area contributed by atoms with E-state index in [9.17, 15) is 0 Å². The minimum atomic E-state index is 0.280. The molecule has 100 valence electrons. The van der Waals surface area contributed by atoms with Crippen molar-refractivity contribution in [3.8, 4) is 5.88 Å². The van der Waals surface area contributed by atoms with E-state index in [2.05, 4.69) is 15.4 Å². The highest BCUT2D eigenvalue weighted by atomic mass is 32.2. The van der Waals surface area contributed by atoms with Crippen molar-refractivity contribution in [3.05, 3.63) is 6.07 Å². The van der Waals surface area contributed by atoms with Gasteiger partial charge in [0.1, 0.15) is 11.9 Å². The van der Waals surface area contributed by atoms with E-state index in [1.54, 1.807) is 6.07 Å². The van der Waals surface area contributed by atoms with Gasteiger partial charge in [-0.15, -0.1) is 0 Å². The third-order valence-electron chi connectivity index (χ3n) is 3.10. The number of hydrogen-bond acceptors (Lipinski definition) is 6. The Hall–Kier alpha value is -1.01. The second kappa shape index (κ2) is 6.80. The molecular weight excluding hydrogens is 248 g/mol. The molecule has 0 radical (unpaired) electrons. The lowest BCUT2D eigenvalue weighted by Gasteiger charge is -2.16. The summed E-state index contributed by atoms with van der Waals surface area (Å²) in [5.41, 5.74) is 2.55. The van der Waals surface area contributed by atoms with Crippen LogP contribution >= 0.6 is 11.8 Å². The predicted molar refractivity (Wildman–Crippen MR) is 73.7 cm³/mol. The van der Waals surface area contributed by atoms with E-state index in [0.29, 0.717) is 16.9 Å². The molecular formula is C12H20N4OS. The molecule has 1 aromatic rings. The Kier molecular flexibility index (Phi) is 5.07. The fourth-order valence-corrected chi connectivity index (χ4v) is 2.53. The number of rotatable bonds is 4. The highest BCUT2D eigenvalue weighted by Crippen LogP contribution is 2.24. The standard InChI is InChI=1S/C12H20N4OS/c1-18-12-14-10(16-13)8-11(15-12)17-9-6-4-2-3-5-7-9/h8-9H,2-7,13H2,1H3,(H,14,15,16). The van der Waals surface area contributed by atoms with Gasteiger partial charge in [-0.05, 0) is 31.9 Å². The molecule has 0 spiro atoms. The molecule has 5 nitrogen and oxygen atoms in total. The van der Waals surface area contributed by atoms with Gasteiger partial charge in [0.25, 0.3) is 0 Å². The molecule has 1 aliphatic carbocycles. The van der Waals surface area contributed by atoms with E-state index in [1.807, 2.05) is 6.26 Å². The molecule has 0 unspecified atom stereocenters. The van der Waals surface area contributed by atoms with Crippen LogP contribution in [-0.4, -0.2) is 22.3 Å². The zero-order valence-electron chi connectivity index (χ0n) is 10.7. The predicted octanol–water partition coefficient (Wildman–Crippen LogP) is 2.59. The maximum absolute atomic E-state index is 5.96. The Bertz CT molecular complexity index is 358. The number of hydrazine groups is 1. The van der Waals surface area contributed by atoms with Gasteiger partial charge in [0.05, 0.1) is 0 Å². The van der Waals surface area contributed by atoms with Crippen LogP contribution in [0.1, 0.15) is 38.5 Å². The first kappa shape index (κ1) is 13.4. The summed E-state index contributed by atoms with van der Waals surface area (Å²) in [4.78, 5) is 8.58. The zero-order valence-corrected chi connectivity index (χ0v) is 11.5. The van der Waals surface area contributed by atoms with Crippen LogP contribution in [0.25, 0.3) is 0 Å². The normalized spacial score (nSPS) is 17.2. The highest BCUT2D eigenvalue weighted by molar-refractivity contribution is 7.98. The Morgan fingerprint density at radius 2 is 2.00 bits per heavy atom. The summed E-state index contributed by atoms with van der Waals surface area (Å²) < 4.78 is 5.96. The lowest BCUT2D eigenvalue weighted by atomic mass is 10.1. The molecule has 1 heterocycles. The second-order valence-electron chi connectivity index (χ2n) is 4.45. The van der Waals surface area contributed by atoms with Gasteiger partial charge < -0.3 is 10.2 Å². The molecule has 1 fully saturated rings. The van der Waals surface area contributed by atoms with E-state index in [0.717, 1.165) is 12.8 Å². The number of nitrogen functional groups attached to an aromatic ring is 1. The van der Waals surface area contributed by atoms with Gasteiger partial charge in [-0.3, -0.25) is 0 Å². The summed E-state index contributed by atoms with van der Waals surface area (Å²) in [6.07, 6.45) is 9.56. The van der Waals surface area contributed by atoms with Crippen molar-refractivity contribution in [2.24, 2.45) is 5.84 Å². The van der Waals surface area contributed by atoms with Gasteiger partial charge in [0.2, 0.25) is 5.88 Å². The molecule has 3 N–H and O–H groups in total. The number of anilines is 1. The van der Waals surface area contributed by atoms with E-state index >= 15 is 0 Å². The molecule has 6 heteroatoms. The summed E-state index contributed by atoms with van der Waals surface area (Å²) in [6.45, 7) is 0. The fraction of sp³-hybridized carbons (Fsp3) is 0.667. The summed E-state index contributed by atoms with van der Waals surface area (Å²) in [7, 11) is 0. The molecule has 0 saturated heterocycles. The lowest BCUT2D eigenvalue weighted by Crippen LogP contribution is -2.17. The van der Waals surface area contributed by atoms with Gasteiger partial charge in [0, 0.05) is 6.07 Å². The Balaban J connectivity index is 2.06. The van der Waals surface area contributed by atoms with Crippen molar-refractivity contribution in [2.75, 3.05) is 11.7 Å². The minimum absolute atomic E-state index is 0.280. The quantitative estimate of drug-likeness (QED) is 0.287. The zero-order chi connectivity index (χ0) is 12.8. The van der Waals surface area contributed by atoms with Crippen LogP contribution < -0.4 is 16.0 Å². The van der Waals surface area contributed by atoms with Crippen molar-refractivity contribution in [1.29, 1.82) is 0 Å². The minimum Gasteiger partial charge on any atom is -0.474 e. The Morgan fingerprint density at radius 3 is 2.61 bits per heavy atom. The summed E-state index contributed by atoms with van der Waals surface area (Å²) in [5.74, 6) is 6.61. The Morgan fingerprint density at radius 1 is 1.28 bits per heavy atom. The SMILES string of the molecule is CSc1nc(NN)cc(OC2CCCCCC2)n1. The third kappa shape index (κ3) is 3.74. The maximum atomic E-state index is 5.96. The number of nitrogens with zero attached hydrogens (tertiary/aromatic N) is 2.